The van der Waals surface area contributed by atoms with Crippen molar-refractivity contribution in [2.45, 2.75) is 38.1 Å². The molecule has 2 heterocycles. The number of anilines is 1. The molecule has 0 amide bonds. The van der Waals surface area contributed by atoms with Crippen molar-refractivity contribution in [1.82, 2.24) is 0 Å². The molecule has 3 aromatic rings. The Bertz CT molecular complexity index is 1030. The van der Waals surface area contributed by atoms with Crippen LogP contribution in [0.2, 0.25) is 0 Å². The lowest BCUT2D eigenvalue weighted by Gasteiger charge is -2.20. The summed E-state index contributed by atoms with van der Waals surface area (Å²) >= 11 is 1.87. The van der Waals surface area contributed by atoms with Crippen LogP contribution in [0.4, 0.5) is 5.69 Å². The fourth-order valence-electron chi connectivity index (χ4n) is 3.76. The predicted molar refractivity (Wildman–Crippen MR) is 119 cm³/mol. The van der Waals surface area contributed by atoms with Gasteiger partial charge in [-0.05, 0) is 43.7 Å². The number of pyridine rings is 1. The van der Waals surface area contributed by atoms with Gasteiger partial charge in [0.05, 0.1) is 23.2 Å². The van der Waals surface area contributed by atoms with Gasteiger partial charge in [0.1, 0.15) is 12.3 Å². The number of para-hydroxylation sites is 1. The summed E-state index contributed by atoms with van der Waals surface area (Å²) in [5.74, 6) is 0.897. The lowest BCUT2D eigenvalue weighted by molar-refractivity contribution is -0.669. The Morgan fingerprint density at radius 1 is 1.07 bits per heavy atom. The molecule has 28 heavy (non-hydrogen) atoms. The molecular formula is C24H27N2OS+. The van der Waals surface area contributed by atoms with Crippen molar-refractivity contribution in [2.75, 3.05) is 18.6 Å². The van der Waals surface area contributed by atoms with E-state index in [0.717, 1.165) is 18.8 Å². The van der Waals surface area contributed by atoms with Gasteiger partial charge in [0.15, 0.2) is 0 Å². The molecule has 0 atom stereocenters. The molecule has 0 unspecified atom stereocenters. The third-order valence-electron chi connectivity index (χ3n) is 5.23. The summed E-state index contributed by atoms with van der Waals surface area (Å²) in [5.41, 5.74) is 3.80. The highest BCUT2D eigenvalue weighted by Gasteiger charge is 2.25. The first-order chi connectivity index (χ1) is 13.7. The van der Waals surface area contributed by atoms with Gasteiger partial charge in [0.2, 0.25) is 11.2 Å². The predicted octanol–water partition coefficient (Wildman–Crippen LogP) is 5.87. The number of fused-ring (bicyclic) bond motifs is 2. The Morgan fingerprint density at radius 3 is 2.71 bits per heavy atom. The van der Waals surface area contributed by atoms with Crippen LogP contribution < -0.4 is 14.2 Å². The van der Waals surface area contributed by atoms with Gasteiger partial charge < -0.3 is 9.64 Å². The van der Waals surface area contributed by atoms with Crippen molar-refractivity contribution in [3.8, 4) is 5.75 Å². The third-order valence-corrected chi connectivity index (χ3v) is 6.34. The van der Waals surface area contributed by atoms with E-state index in [1.807, 2.05) is 17.8 Å². The van der Waals surface area contributed by atoms with Gasteiger partial charge in [0, 0.05) is 29.6 Å². The maximum Gasteiger partial charge on any atom is 0.213 e. The van der Waals surface area contributed by atoms with Crippen LogP contribution in [0.3, 0.4) is 0 Å². The minimum atomic E-state index is 0.897. The summed E-state index contributed by atoms with van der Waals surface area (Å²) in [6, 6.07) is 19.4. The second kappa shape index (κ2) is 8.27. The van der Waals surface area contributed by atoms with E-state index in [1.165, 1.54) is 45.1 Å². The van der Waals surface area contributed by atoms with Gasteiger partial charge in [0.25, 0.3) is 0 Å². The normalized spacial score (nSPS) is 14.7. The van der Waals surface area contributed by atoms with E-state index >= 15 is 0 Å². The van der Waals surface area contributed by atoms with Crippen LogP contribution >= 0.6 is 11.8 Å². The number of aryl methyl sites for hydroxylation is 1. The highest BCUT2D eigenvalue weighted by Crippen LogP contribution is 2.46. The third kappa shape index (κ3) is 3.49. The molecule has 0 radical (unpaired) electrons. The number of benzene rings is 2. The van der Waals surface area contributed by atoms with Crippen LogP contribution in [-0.2, 0) is 6.54 Å². The summed E-state index contributed by atoms with van der Waals surface area (Å²) < 4.78 is 7.77. The Hall–Kier alpha value is -2.46. The molecule has 0 aliphatic carbocycles. The fourth-order valence-corrected chi connectivity index (χ4v) is 4.89. The van der Waals surface area contributed by atoms with Crippen molar-refractivity contribution in [2.24, 2.45) is 0 Å². The maximum atomic E-state index is 5.39. The minimum absolute atomic E-state index is 0.897. The largest absolute Gasteiger partial charge is 0.497 e. The lowest BCUT2D eigenvalue weighted by atomic mass is 10.1. The number of hydrogen-bond donors (Lipinski definition) is 0. The number of nitrogens with zero attached hydrogens (tertiary/aromatic N) is 2. The molecule has 144 valence electrons. The second-order valence-corrected chi connectivity index (χ2v) is 8.05. The number of thioether (sulfide) groups is 1. The van der Waals surface area contributed by atoms with Crippen molar-refractivity contribution in [3.05, 3.63) is 65.3 Å². The fraction of sp³-hybridized carbons (Fsp3) is 0.292. The average Bonchev–Trinajstić information content (AvgIpc) is 3.08. The maximum absolute atomic E-state index is 5.39. The van der Waals surface area contributed by atoms with Gasteiger partial charge in [-0.25, -0.2) is 0 Å². The van der Waals surface area contributed by atoms with Crippen LogP contribution in [0.5, 0.6) is 5.75 Å². The molecule has 0 saturated heterocycles. The Morgan fingerprint density at radius 2 is 1.93 bits per heavy atom. The summed E-state index contributed by atoms with van der Waals surface area (Å²) in [6.45, 7) is 6.44. The smallest absolute Gasteiger partial charge is 0.213 e. The lowest BCUT2D eigenvalue weighted by Crippen LogP contribution is -2.37. The van der Waals surface area contributed by atoms with Crippen molar-refractivity contribution in [3.63, 3.8) is 0 Å². The molecule has 3 nitrogen and oxygen atoms in total. The molecule has 1 aliphatic rings. The highest BCUT2D eigenvalue weighted by molar-refractivity contribution is 8.03. The first-order valence-electron chi connectivity index (χ1n) is 10.0. The molecule has 4 heteroatoms. The van der Waals surface area contributed by atoms with Crippen LogP contribution in [0.1, 0.15) is 32.4 Å². The summed E-state index contributed by atoms with van der Waals surface area (Å²) in [7, 11) is 1.72. The van der Waals surface area contributed by atoms with E-state index in [9.17, 15) is 0 Å². The van der Waals surface area contributed by atoms with E-state index in [4.69, 9.17) is 4.74 Å². The Kier molecular flexibility index (Phi) is 5.58. The quantitative estimate of drug-likeness (QED) is 0.489. The van der Waals surface area contributed by atoms with E-state index in [1.54, 1.807) is 7.11 Å². The number of methoxy groups -OCH3 is 1. The molecule has 2 aromatic carbocycles. The highest BCUT2D eigenvalue weighted by atomic mass is 32.2. The SMILES string of the molecule is CCCCN1/C(=C/c2ccc3cc(OC)ccc3[n+]2CC)Sc2ccccc21. The molecular weight excluding hydrogens is 364 g/mol. The number of hydrogen-bond acceptors (Lipinski definition) is 3. The van der Waals surface area contributed by atoms with E-state index in [2.05, 4.69) is 77.9 Å². The Labute approximate surface area is 171 Å². The van der Waals surface area contributed by atoms with Gasteiger partial charge in [-0.2, -0.15) is 4.57 Å². The number of rotatable bonds is 6. The number of aromatic nitrogens is 1. The van der Waals surface area contributed by atoms with E-state index in [0.29, 0.717) is 0 Å². The number of ether oxygens (including phenoxy) is 1. The van der Waals surface area contributed by atoms with Crippen molar-refractivity contribution >= 4 is 34.4 Å². The summed E-state index contributed by atoms with van der Waals surface area (Å²) in [4.78, 5) is 3.82. The minimum Gasteiger partial charge on any atom is -0.497 e. The van der Waals surface area contributed by atoms with Crippen molar-refractivity contribution in [1.29, 1.82) is 0 Å². The Balaban J connectivity index is 1.78. The van der Waals surface area contributed by atoms with E-state index < -0.39 is 0 Å². The van der Waals surface area contributed by atoms with Crippen LogP contribution in [0.25, 0.3) is 17.0 Å². The first-order valence-corrected chi connectivity index (χ1v) is 10.8. The molecule has 1 aromatic heterocycles. The van der Waals surface area contributed by atoms with Crippen LogP contribution in [-0.4, -0.2) is 13.7 Å². The second-order valence-electron chi connectivity index (χ2n) is 6.98. The van der Waals surface area contributed by atoms with Gasteiger partial charge in [-0.1, -0.05) is 37.2 Å². The van der Waals surface area contributed by atoms with E-state index in [-0.39, 0.29) is 0 Å². The molecule has 0 fully saturated rings. The van der Waals surface area contributed by atoms with Gasteiger partial charge in [-0.15, -0.1) is 0 Å². The topological polar surface area (TPSA) is 16.4 Å². The zero-order valence-corrected chi connectivity index (χ0v) is 17.6. The van der Waals surface area contributed by atoms with Gasteiger partial charge >= 0.3 is 0 Å². The van der Waals surface area contributed by atoms with Crippen molar-refractivity contribution < 1.29 is 9.30 Å². The molecule has 0 saturated carbocycles. The van der Waals surface area contributed by atoms with Gasteiger partial charge in [-0.3, -0.25) is 0 Å². The summed E-state index contributed by atoms with van der Waals surface area (Å²) in [5, 5.41) is 2.51. The molecule has 0 spiro atoms. The van der Waals surface area contributed by atoms with Crippen LogP contribution in [0, 0.1) is 0 Å². The first kappa shape index (κ1) is 18.9. The summed E-state index contributed by atoms with van der Waals surface area (Å²) in [6.07, 6.45) is 4.73. The standard InChI is InChI=1S/C24H27N2OS/c1-4-6-15-26-22-9-7-8-10-23(22)28-24(26)17-19-12-11-18-16-20(27-3)13-14-21(18)25(19)5-2/h7-14,16-17H,4-6,15H2,1-3H3/q+1. The average molecular weight is 392 g/mol. The van der Waals surface area contributed by atoms with Crippen LogP contribution in [0.15, 0.2) is 64.5 Å². The zero-order chi connectivity index (χ0) is 19.5. The zero-order valence-electron chi connectivity index (χ0n) is 16.8. The molecule has 0 N–H and O–H groups in total. The molecule has 1 aliphatic heterocycles. The number of unbranched alkanes of at least 4 members (excludes halogenated alkanes) is 1. The molecule has 4 rings (SSSR count). The monoisotopic (exact) mass is 391 g/mol. The molecule has 0 bridgehead atoms.